The third-order valence-electron chi connectivity index (χ3n) is 5.84. The van der Waals surface area contributed by atoms with Crippen molar-refractivity contribution in [3.8, 4) is 5.75 Å². The lowest BCUT2D eigenvalue weighted by Crippen LogP contribution is -2.53. The van der Waals surface area contributed by atoms with Crippen LogP contribution in [0, 0.1) is 5.92 Å². The first-order chi connectivity index (χ1) is 14.0. The highest BCUT2D eigenvalue weighted by Crippen LogP contribution is 2.30. The zero-order valence-electron chi connectivity index (χ0n) is 16.6. The molecular formula is C20H30BN3O5. The van der Waals surface area contributed by atoms with E-state index in [0.717, 1.165) is 38.6 Å². The number of benzene rings is 1. The molecule has 0 radical (unpaired) electrons. The molecule has 0 aromatic heterocycles. The minimum atomic E-state index is -1.27. The van der Waals surface area contributed by atoms with Gasteiger partial charge in [-0.05, 0) is 49.7 Å². The van der Waals surface area contributed by atoms with E-state index in [4.69, 9.17) is 10.4 Å². The van der Waals surface area contributed by atoms with Gasteiger partial charge in [-0.25, -0.2) is 4.79 Å². The molecule has 1 heterocycles. The van der Waals surface area contributed by atoms with Crippen molar-refractivity contribution in [3.63, 3.8) is 0 Å². The number of carboxylic acid groups (broad SMARTS) is 1. The maximum atomic E-state index is 12.6. The Morgan fingerprint density at radius 3 is 2.83 bits per heavy atom. The second-order valence-corrected chi connectivity index (χ2v) is 8.00. The number of carbonyl (C=O) groups excluding carboxylic acids is 1. The summed E-state index contributed by atoms with van der Waals surface area (Å²) in [6.07, 6.45) is 6.00. The highest BCUT2D eigenvalue weighted by molar-refractivity contribution is 6.47. The van der Waals surface area contributed by atoms with Gasteiger partial charge in [0.25, 0.3) is 0 Å². The van der Waals surface area contributed by atoms with Gasteiger partial charge in [0.2, 0.25) is 5.91 Å². The van der Waals surface area contributed by atoms with Crippen molar-refractivity contribution in [2.45, 2.75) is 56.9 Å². The van der Waals surface area contributed by atoms with Gasteiger partial charge in [0.1, 0.15) is 5.75 Å². The van der Waals surface area contributed by atoms with Crippen LogP contribution in [0.15, 0.2) is 18.2 Å². The Hall–Kier alpha value is -2.10. The SMILES string of the molecule is NCCNC1CCCC(CC(=O)NC2Cc3cccc(C(=O)O)c3OB2O)CC1. The summed E-state index contributed by atoms with van der Waals surface area (Å²) in [4.78, 5) is 23.9. The maximum absolute atomic E-state index is 12.6. The van der Waals surface area contributed by atoms with E-state index >= 15 is 0 Å². The molecule has 3 atom stereocenters. The topological polar surface area (TPSA) is 134 Å². The molecule has 1 aromatic rings. The number of carbonyl (C=O) groups is 2. The van der Waals surface area contributed by atoms with Crippen LogP contribution in [0.2, 0.25) is 0 Å². The van der Waals surface area contributed by atoms with Crippen LogP contribution < -0.4 is 21.0 Å². The van der Waals surface area contributed by atoms with Crippen LogP contribution in [-0.2, 0) is 11.2 Å². The average molecular weight is 403 g/mol. The Labute approximate surface area is 171 Å². The normalized spacial score (nSPS) is 24.2. The third kappa shape index (κ3) is 5.71. The van der Waals surface area contributed by atoms with Gasteiger partial charge in [0, 0.05) is 25.6 Å². The summed E-state index contributed by atoms with van der Waals surface area (Å²) < 4.78 is 5.44. The fourth-order valence-corrected chi connectivity index (χ4v) is 4.32. The van der Waals surface area contributed by atoms with Crippen LogP contribution in [0.3, 0.4) is 0 Å². The molecule has 158 valence electrons. The van der Waals surface area contributed by atoms with Crippen molar-refractivity contribution in [2.75, 3.05) is 13.1 Å². The predicted molar refractivity (Wildman–Crippen MR) is 110 cm³/mol. The minimum Gasteiger partial charge on any atom is -0.534 e. The highest BCUT2D eigenvalue weighted by atomic mass is 16.5. The third-order valence-corrected chi connectivity index (χ3v) is 5.84. The molecule has 1 saturated carbocycles. The molecule has 3 unspecified atom stereocenters. The smallest absolute Gasteiger partial charge is 0.534 e. The standard InChI is InChI=1S/C20H30BN3O5/c22-9-10-23-15-5-1-3-13(7-8-15)11-18(25)24-17-12-14-4-2-6-16(20(26)27)19(14)29-21(17)28/h2,4,6,13,15,17,23,28H,1,3,5,7-12,22H2,(H,24,25)(H,26,27). The predicted octanol–water partition coefficient (Wildman–Crippen LogP) is 0.712. The highest BCUT2D eigenvalue weighted by Gasteiger charge is 2.38. The van der Waals surface area contributed by atoms with E-state index in [2.05, 4.69) is 10.6 Å². The number of fused-ring (bicyclic) bond motifs is 1. The Morgan fingerprint density at radius 2 is 2.07 bits per heavy atom. The first kappa shape index (κ1) is 21.6. The van der Waals surface area contributed by atoms with Gasteiger partial charge in [0.05, 0.1) is 11.5 Å². The number of hydrogen-bond acceptors (Lipinski definition) is 6. The number of para-hydroxylation sites is 1. The molecule has 0 spiro atoms. The van der Waals surface area contributed by atoms with Crippen LogP contribution in [0.25, 0.3) is 0 Å². The van der Waals surface area contributed by atoms with E-state index in [1.165, 1.54) is 6.07 Å². The van der Waals surface area contributed by atoms with Gasteiger partial charge < -0.3 is 31.2 Å². The maximum Gasteiger partial charge on any atom is 0.547 e. The molecule has 8 nitrogen and oxygen atoms in total. The van der Waals surface area contributed by atoms with Gasteiger partial charge in [-0.2, -0.15) is 0 Å². The van der Waals surface area contributed by atoms with Crippen LogP contribution in [0.1, 0.15) is 54.4 Å². The molecule has 1 aromatic carbocycles. The van der Waals surface area contributed by atoms with Crippen molar-refractivity contribution in [3.05, 3.63) is 29.3 Å². The molecule has 2 aliphatic rings. The monoisotopic (exact) mass is 403 g/mol. The summed E-state index contributed by atoms with van der Waals surface area (Å²) >= 11 is 0. The number of aromatic carboxylic acids is 1. The minimum absolute atomic E-state index is 0.0163. The van der Waals surface area contributed by atoms with Crippen LogP contribution in [-0.4, -0.2) is 54.2 Å². The number of carboxylic acids is 1. The molecule has 1 aliphatic heterocycles. The van der Waals surface area contributed by atoms with E-state index < -0.39 is 19.0 Å². The van der Waals surface area contributed by atoms with Crippen molar-refractivity contribution in [2.24, 2.45) is 11.7 Å². The van der Waals surface area contributed by atoms with E-state index in [-0.39, 0.29) is 17.2 Å². The first-order valence-corrected chi connectivity index (χ1v) is 10.4. The zero-order valence-corrected chi connectivity index (χ0v) is 16.6. The average Bonchev–Trinajstić information content (AvgIpc) is 2.91. The molecule has 29 heavy (non-hydrogen) atoms. The molecular weight excluding hydrogens is 373 g/mol. The Bertz CT molecular complexity index is 732. The van der Waals surface area contributed by atoms with Crippen LogP contribution >= 0.6 is 0 Å². The summed E-state index contributed by atoms with van der Waals surface area (Å²) in [7, 11) is -1.27. The lowest BCUT2D eigenvalue weighted by atomic mass is 9.72. The molecule has 1 fully saturated rings. The second-order valence-electron chi connectivity index (χ2n) is 8.00. The van der Waals surface area contributed by atoms with Gasteiger partial charge in [-0.1, -0.05) is 18.6 Å². The molecule has 9 heteroatoms. The molecule has 0 bridgehead atoms. The van der Waals surface area contributed by atoms with E-state index in [1.54, 1.807) is 12.1 Å². The summed E-state index contributed by atoms with van der Waals surface area (Å²) in [6.45, 7) is 1.45. The van der Waals surface area contributed by atoms with Gasteiger partial charge in [-0.15, -0.1) is 0 Å². The number of hydrogen-bond donors (Lipinski definition) is 5. The van der Waals surface area contributed by atoms with Crippen LogP contribution in [0.5, 0.6) is 5.75 Å². The summed E-state index contributed by atoms with van der Waals surface area (Å²) in [5.41, 5.74) is 6.24. The zero-order chi connectivity index (χ0) is 20.8. The number of nitrogens with two attached hydrogens (primary N) is 1. The van der Waals surface area contributed by atoms with E-state index in [1.807, 2.05) is 0 Å². The first-order valence-electron chi connectivity index (χ1n) is 10.4. The number of nitrogens with one attached hydrogen (secondary N) is 2. The van der Waals surface area contributed by atoms with Gasteiger partial charge in [0.15, 0.2) is 0 Å². The largest absolute Gasteiger partial charge is 0.547 e. The van der Waals surface area contributed by atoms with Crippen molar-refractivity contribution in [1.82, 2.24) is 10.6 Å². The lowest BCUT2D eigenvalue weighted by Gasteiger charge is -2.29. The quantitative estimate of drug-likeness (QED) is 0.334. The summed E-state index contributed by atoms with van der Waals surface area (Å²) in [6, 6.07) is 5.31. The number of amides is 1. The van der Waals surface area contributed by atoms with Crippen LogP contribution in [0.4, 0.5) is 0 Å². The fraction of sp³-hybridized carbons (Fsp3) is 0.600. The summed E-state index contributed by atoms with van der Waals surface area (Å²) in [5, 5.41) is 25.9. The molecule has 1 amide bonds. The van der Waals surface area contributed by atoms with Crippen molar-refractivity contribution < 1.29 is 24.4 Å². The lowest BCUT2D eigenvalue weighted by molar-refractivity contribution is -0.122. The van der Waals surface area contributed by atoms with Crippen molar-refractivity contribution in [1.29, 1.82) is 0 Å². The van der Waals surface area contributed by atoms with E-state index in [9.17, 15) is 19.7 Å². The Kier molecular flexibility index (Phi) is 7.52. The molecule has 3 rings (SSSR count). The van der Waals surface area contributed by atoms with Crippen molar-refractivity contribution >= 4 is 19.0 Å². The van der Waals surface area contributed by atoms with Gasteiger partial charge in [-0.3, -0.25) is 4.79 Å². The second kappa shape index (κ2) is 10.1. The summed E-state index contributed by atoms with van der Waals surface area (Å²) in [5.74, 6) is -1.30. The molecule has 6 N–H and O–H groups in total. The molecule has 1 aliphatic carbocycles. The Balaban J connectivity index is 1.53. The fourth-order valence-electron chi connectivity index (χ4n) is 4.32. The Morgan fingerprint density at radius 1 is 1.24 bits per heavy atom. The number of rotatable bonds is 7. The molecule has 0 saturated heterocycles. The van der Waals surface area contributed by atoms with Gasteiger partial charge >= 0.3 is 13.1 Å². The van der Waals surface area contributed by atoms with E-state index in [0.29, 0.717) is 36.9 Å².